The van der Waals surface area contributed by atoms with Crippen molar-refractivity contribution in [3.8, 4) is 0 Å². The number of aromatic nitrogens is 4. The Morgan fingerprint density at radius 1 is 1.32 bits per heavy atom. The summed E-state index contributed by atoms with van der Waals surface area (Å²) in [6, 6.07) is 5.70. The molecule has 2 aromatic heterocycles. The molecule has 0 amide bonds. The van der Waals surface area contributed by atoms with Gasteiger partial charge >= 0.3 is 0 Å². The number of hydrogen-bond donors (Lipinski definition) is 1. The van der Waals surface area contributed by atoms with Crippen LogP contribution in [0.15, 0.2) is 30.6 Å². The quantitative estimate of drug-likeness (QED) is 0.735. The van der Waals surface area contributed by atoms with Gasteiger partial charge in [-0.25, -0.2) is 0 Å². The monoisotopic (exact) mass is 290 g/mol. The molecule has 0 radical (unpaired) electrons. The van der Waals surface area contributed by atoms with Crippen LogP contribution < -0.4 is 0 Å². The number of nitrogens with zero attached hydrogens (tertiary/aromatic N) is 3. The van der Waals surface area contributed by atoms with E-state index in [0.29, 0.717) is 16.3 Å². The summed E-state index contributed by atoms with van der Waals surface area (Å²) in [5.74, 6) is 0. The molecule has 0 aliphatic carbocycles. The van der Waals surface area contributed by atoms with Crippen LogP contribution in [0.5, 0.6) is 0 Å². The van der Waals surface area contributed by atoms with Gasteiger partial charge in [-0.2, -0.15) is 0 Å². The molecule has 2 heterocycles. The van der Waals surface area contributed by atoms with Crippen molar-refractivity contribution < 1.29 is 0 Å². The van der Waals surface area contributed by atoms with Gasteiger partial charge < -0.3 is 9.55 Å². The van der Waals surface area contributed by atoms with Crippen molar-refractivity contribution in [1.82, 2.24) is 19.5 Å². The highest BCUT2D eigenvalue weighted by atomic mass is 35.5. The number of H-pyrrole nitrogens is 1. The molecule has 0 fully saturated rings. The molecular formula is C13H11ClN4S. The molecule has 3 rings (SSSR count). The minimum Gasteiger partial charge on any atom is -0.331 e. The van der Waals surface area contributed by atoms with Crippen molar-refractivity contribution in [3.63, 3.8) is 0 Å². The fourth-order valence-electron chi connectivity index (χ4n) is 1.99. The van der Waals surface area contributed by atoms with Gasteiger partial charge in [0.05, 0.1) is 40.2 Å². The molecule has 1 N–H and O–H groups in total. The summed E-state index contributed by atoms with van der Waals surface area (Å²) in [4.78, 5) is 11.7. The predicted octanol–water partition coefficient (Wildman–Crippen LogP) is 3.50. The summed E-state index contributed by atoms with van der Waals surface area (Å²) in [5.41, 5.74) is 3.57. The molecule has 1 aromatic carbocycles. The Labute approximate surface area is 120 Å². The van der Waals surface area contributed by atoms with Crippen molar-refractivity contribution in [2.75, 3.05) is 0 Å². The van der Waals surface area contributed by atoms with Gasteiger partial charge in [-0.15, -0.1) is 0 Å². The van der Waals surface area contributed by atoms with Gasteiger partial charge in [0.2, 0.25) is 0 Å². The van der Waals surface area contributed by atoms with Gasteiger partial charge in [-0.05, 0) is 31.3 Å². The third kappa shape index (κ3) is 2.27. The Kier molecular flexibility index (Phi) is 3.08. The number of fused-ring (bicyclic) bond motifs is 1. The van der Waals surface area contributed by atoms with E-state index in [2.05, 4.69) is 15.0 Å². The van der Waals surface area contributed by atoms with Gasteiger partial charge in [0.15, 0.2) is 4.77 Å². The maximum Gasteiger partial charge on any atom is 0.178 e. The number of nitrogens with one attached hydrogen (secondary N) is 1. The zero-order valence-electron chi connectivity index (χ0n) is 10.2. The normalized spacial score (nSPS) is 11.1. The first-order valence-electron chi connectivity index (χ1n) is 5.80. The Hall–Kier alpha value is -1.72. The van der Waals surface area contributed by atoms with Crippen molar-refractivity contribution >= 4 is 34.9 Å². The van der Waals surface area contributed by atoms with Gasteiger partial charge in [-0.3, -0.25) is 9.97 Å². The molecule has 96 valence electrons. The second-order valence-corrected chi connectivity index (χ2v) is 5.10. The predicted molar refractivity (Wildman–Crippen MR) is 78.0 cm³/mol. The minimum absolute atomic E-state index is 0.551. The Morgan fingerprint density at radius 2 is 2.16 bits per heavy atom. The smallest absolute Gasteiger partial charge is 0.178 e. The maximum atomic E-state index is 6.24. The zero-order valence-corrected chi connectivity index (χ0v) is 11.8. The molecule has 0 spiro atoms. The first-order chi connectivity index (χ1) is 9.15. The molecule has 4 nitrogen and oxygen atoms in total. The molecule has 6 heteroatoms. The van der Waals surface area contributed by atoms with Crippen molar-refractivity contribution in [2.24, 2.45) is 0 Å². The lowest BCUT2D eigenvalue weighted by Gasteiger charge is -2.05. The van der Waals surface area contributed by atoms with E-state index < -0.39 is 0 Å². The number of benzene rings is 1. The van der Waals surface area contributed by atoms with Gasteiger partial charge in [0.1, 0.15) is 0 Å². The van der Waals surface area contributed by atoms with Crippen molar-refractivity contribution in [1.29, 1.82) is 0 Å². The van der Waals surface area contributed by atoms with E-state index in [1.165, 1.54) is 0 Å². The minimum atomic E-state index is 0.551. The number of para-hydroxylation sites is 1. The summed E-state index contributed by atoms with van der Waals surface area (Å²) in [6.07, 6.45) is 3.50. The van der Waals surface area contributed by atoms with Crippen LogP contribution in [0.3, 0.4) is 0 Å². The van der Waals surface area contributed by atoms with E-state index in [0.717, 1.165) is 22.4 Å². The largest absolute Gasteiger partial charge is 0.331 e. The number of imidazole rings is 1. The highest BCUT2D eigenvalue weighted by molar-refractivity contribution is 7.71. The SMILES string of the molecule is Cc1cnc(Cn2c(=S)[nH]c3cccc(Cl)c32)cn1. The molecule has 0 atom stereocenters. The fraction of sp³-hybridized carbons (Fsp3) is 0.154. The van der Waals surface area contributed by atoms with Crippen molar-refractivity contribution in [2.45, 2.75) is 13.5 Å². The summed E-state index contributed by atoms with van der Waals surface area (Å²) >= 11 is 11.6. The van der Waals surface area contributed by atoms with Crippen LogP contribution in [-0.2, 0) is 6.54 Å². The molecule has 0 saturated carbocycles. The first-order valence-corrected chi connectivity index (χ1v) is 6.58. The third-order valence-electron chi connectivity index (χ3n) is 2.90. The zero-order chi connectivity index (χ0) is 13.4. The molecular weight excluding hydrogens is 280 g/mol. The maximum absolute atomic E-state index is 6.24. The van der Waals surface area contributed by atoms with Gasteiger partial charge in [-0.1, -0.05) is 17.7 Å². The van der Waals surface area contributed by atoms with Crippen LogP contribution >= 0.6 is 23.8 Å². The molecule has 19 heavy (non-hydrogen) atoms. The van der Waals surface area contributed by atoms with E-state index in [4.69, 9.17) is 23.8 Å². The summed E-state index contributed by atoms with van der Waals surface area (Å²) in [5, 5.41) is 0.671. The lowest BCUT2D eigenvalue weighted by molar-refractivity contribution is 0.776. The number of halogens is 1. The van der Waals surface area contributed by atoms with Gasteiger partial charge in [0.25, 0.3) is 0 Å². The first kappa shape index (κ1) is 12.3. The Morgan fingerprint density at radius 3 is 2.89 bits per heavy atom. The topological polar surface area (TPSA) is 46.5 Å². The van der Waals surface area contributed by atoms with Crippen molar-refractivity contribution in [3.05, 3.63) is 51.8 Å². The third-order valence-corrected chi connectivity index (χ3v) is 3.53. The fourth-order valence-corrected chi connectivity index (χ4v) is 2.53. The average Bonchev–Trinajstić information content (AvgIpc) is 2.70. The summed E-state index contributed by atoms with van der Waals surface area (Å²) < 4.78 is 2.57. The highest BCUT2D eigenvalue weighted by Gasteiger charge is 2.09. The van der Waals surface area contributed by atoms with Crippen LogP contribution in [-0.4, -0.2) is 19.5 Å². The summed E-state index contributed by atoms with van der Waals surface area (Å²) in [6.45, 7) is 2.46. The van der Waals surface area contributed by atoms with Gasteiger partial charge in [0, 0.05) is 6.20 Å². The number of aromatic amines is 1. The van der Waals surface area contributed by atoms with Crippen LogP contribution in [0.2, 0.25) is 5.02 Å². The molecule has 0 bridgehead atoms. The number of rotatable bonds is 2. The highest BCUT2D eigenvalue weighted by Crippen LogP contribution is 2.23. The van der Waals surface area contributed by atoms with E-state index in [-0.39, 0.29) is 0 Å². The average molecular weight is 291 g/mol. The molecule has 0 saturated heterocycles. The molecule has 0 aliphatic rings. The summed E-state index contributed by atoms with van der Waals surface area (Å²) in [7, 11) is 0. The lowest BCUT2D eigenvalue weighted by Crippen LogP contribution is -2.03. The van der Waals surface area contributed by atoms with E-state index in [1.54, 1.807) is 12.4 Å². The van der Waals surface area contributed by atoms with E-state index in [1.807, 2.05) is 29.7 Å². The van der Waals surface area contributed by atoms with Crippen LogP contribution in [0.1, 0.15) is 11.4 Å². The molecule has 0 aliphatic heterocycles. The second kappa shape index (κ2) is 4.75. The Balaban J connectivity index is 2.12. The van der Waals surface area contributed by atoms with Crippen LogP contribution in [0.4, 0.5) is 0 Å². The Bertz CT molecular complexity index is 789. The number of hydrogen-bond acceptors (Lipinski definition) is 3. The second-order valence-electron chi connectivity index (χ2n) is 4.30. The molecule has 0 unspecified atom stereocenters. The van der Waals surface area contributed by atoms with E-state index in [9.17, 15) is 0 Å². The lowest BCUT2D eigenvalue weighted by atomic mass is 10.3. The molecule has 3 aromatic rings. The van der Waals surface area contributed by atoms with E-state index >= 15 is 0 Å². The van der Waals surface area contributed by atoms with Crippen LogP contribution in [0.25, 0.3) is 11.0 Å². The standard InChI is InChI=1S/C13H11ClN4S/c1-8-5-16-9(6-15-8)7-18-12-10(14)3-2-4-11(12)17-13(18)19/h2-6H,7H2,1H3,(H,17,19). The number of aryl methyl sites for hydroxylation is 1. The van der Waals surface area contributed by atoms with Crippen LogP contribution in [0, 0.1) is 11.7 Å².